The second-order valence-corrected chi connectivity index (χ2v) is 13.0. The first-order valence-electron chi connectivity index (χ1n) is 16.3. The van der Waals surface area contributed by atoms with Gasteiger partial charge in [0.15, 0.2) is 0 Å². The van der Waals surface area contributed by atoms with Crippen LogP contribution in [0.15, 0.2) is 54.1 Å². The first-order valence-corrected chi connectivity index (χ1v) is 16.3. The molecule has 3 unspecified atom stereocenters. The van der Waals surface area contributed by atoms with Gasteiger partial charge in [-0.15, -0.1) is 13.2 Å². The van der Waals surface area contributed by atoms with Crippen LogP contribution in [0.2, 0.25) is 0 Å². The number of nitrogens with one attached hydrogen (secondary N) is 2. The zero-order chi connectivity index (χ0) is 34.0. The van der Waals surface area contributed by atoms with E-state index < -0.39 is 42.1 Å². The van der Waals surface area contributed by atoms with Crippen LogP contribution in [-0.4, -0.2) is 61.5 Å². The Kier molecular flexibility index (Phi) is 10.3. The Labute approximate surface area is 270 Å². The molecule has 2 aromatic carbocycles. The topological polar surface area (TPSA) is 70.7 Å². The van der Waals surface area contributed by atoms with Crippen molar-refractivity contribution >= 4 is 17.4 Å². The van der Waals surface area contributed by atoms with Gasteiger partial charge < -0.3 is 20.3 Å². The number of para-hydroxylation sites is 1. The number of nitrogens with zero attached hydrogens (tertiary/aromatic N) is 1. The number of halogens is 6. The molecule has 6 nitrogen and oxygen atoms in total. The Morgan fingerprint density at radius 1 is 0.894 bits per heavy atom. The van der Waals surface area contributed by atoms with Crippen molar-refractivity contribution in [1.82, 2.24) is 15.5 Å². The van der Waals surface area contributed by atoms with Crippen molar-refractivity contribution in [3.63, 3.8) is 0 Å². The first-order chi connectivity index (χ1) is 22.2. The highest BCUT2D eigenvalue weighted by Gasteiger charge is 2.53. The normalized spacial score (nSPS) is 23.7. The first kappa shape index (κ1) is 34.8. The van der Waals surface area contributed by atoms with Gasteiger partial charge in [-0.25, -0.2) is 0 Å². The van der Waals surface area contributed by atoms with Crippen molar-refractivity contribution in [2.75, 3.05) is 26.2 Å². The van der Waals surface area contributed by atoms with Crippen molar-refractivity contribution in [3.8, 4) is 5.75 Å². The summed E-state index contributed by atoms with van der Waals surface area (Å²) >= 11 is 0. The van der Waals surface area contributed by atoms with Crippen LogP contribution in [0, 0.1) is 11.8 Å². The summed E-state index contributed by atoms with van der Waals surface area (Å²) in [5.74, 6) is -1.51. The number of carbonyl (C=O) groups excluding carboxylic acids is 2. The highest BCUT2D eigenvalue weighted by atomic mass is 19.4. The SMILES string of the molecule is CC1CCC(C)C2=C1c1ccccc1C2(CCCCN1CCC(NC(=O)c2ccccc2OC(F)(F)F)CC1)C(=O)NCC(F)(F)F. The largest absolute Gasteiger partial charge is 0.573 e. The van der Waals surface area contributed by atoms with Crippen LogP contribution in [0.3, 0.4) is 0 Å². The van der Waals surface area contributed by atoms with Gasteiger partial charge in [0.25, 0.3) is 5.91 Å². The number of piperidine rings is 1. The van der Waals surface area contributed by atoms with Gasteiger partial charge in [0.2, 0.25) is 5.91 Å². The van der Waals surface area contributed by atoms with Crippen molar-refractivity contribution in [2.24, 2.45) is 11.8 Å². The van der Waals surface area contributed by atoms with E-state index in [-0.39, 0.29) is 23.4 Å². The standard InChI is InChI=1S/C35H41F6N3O3/c1-22-13-14-23(2)30-29(22)25-9-3-5-11-27(25)33(30,32(46)42-21-34(36,37)38)17-7-8-18-44-19-15-24(16-20-44)43-31(45)26-10-4-6-12-28(26)47-35(39,40)41/h3-6,9-12,22-24H,7-8,13-21H2,1-2H3,(H,42,46)(H,43,45). The molecular formula is C35H41F6N3O3. The Bertz CT molecular complexity index is 1480. The van der Waals surface area contributed by atoms with E-state index in [1.54, 1.807) is 0 Å². The number of likely N-dealkylation sites (tertiary alicyclic amines) is 1. The molecule has 3 aliphatic rings. The Balaban J connectivity index is 1.22. The molecule has 1 aliphatic heterocycles. The summed E-state index contributed by atoms with van der Waals surface area (Å²) in [6, 6.07) is 12.7. The number of benzene rings is 2. The molecule has 2 aromatic rings. The molecule has 1 fully saturated rings. The number of allylic oxidation sites excluding steroid dienone is 1. The minimum absolute atomic E-state index is 0.0615. The van der Waals surface area contributed by atoms with Crippen molar-refractivity contribution in [3.05, 3.63) is 70.8 Å². The lowest BCUT2D eigenvalue weighted by Gasteiger charge is -2.38. The number of ether oxygens (including phenoxy) is 1. The number of hydrogen-bond acceptors (Lipinski definition) is 4. The number of rotatable bonds is 10. The van der Waals surface area contributed by atoms with Crippen LogP contribution in [0.25, 0.3) is 5.57 Å². The number of carbonyl (C=O) groups is 2. The molecule has 0 radical (unpaired) electrons. The summed E-state index contributed by atoms with van der Waals surface area (Å²) in [6.07, 6.45) is -4.65. The summed E-state index contributed by atoms with van der Waals surface area (Å²) in [5, 5.41) is 5.07. The van der Waals surface area contributed by atoms with Gasteiger partial charge in [0.1, 0.15) is 12.3 Å². The van der Waals surface area contributed by atoms with Crippen LogP contribution in [0.1, 0.15) is 80.3 Å². The number of unbranched alkanes of at least 4 members (excludes halogenated alkanes) is 1. The summed E-state index contributed by atoms with van der Waals surface area (Å²) < 4.78 is 82.2. The number of fused-ring (bicyclic) bond motifs is 2. The molecule has 0 spiro atoms. The monoisotopic (exact) mass is 665 g/mol. The van der Waals surface area contributed by atoms with E-state index in [9.17, 15) is 35.9 Å². The molecule has 0 aromatic heterocycles. The minimum atomic E-state index is -4.91. The maximum atomic E-state index is 13.9. The van der Waals surface area contributed by atoms with E-state index in [4.69, 9.17) is 0 Å². The molecule has 2 N–H and O–H groups in total. The van der Waals surface area contributed by atoms with Gasteiger partial charge in [0, 0.05) is 19.1 Å². The van der Waals surface area contributed by atoms with Crippen molar-refractivity contribution in [2.45, 2.75) is 82.8 Å². The van der Waals surface area contributed by atoms with E-state index in [2.05, 4.69) is 34.1 Å². The summed E-state index contributed by atoms with van der Waals surface area (Å²) in [6.45, 7) is 4.86. The zero-order valence-electron chi connectivity index (χ0n) is 26.6. The number of amides is 2. The van der Waals surface area contributed by atoms with Crippen LogP contribution < -0.4 is 15.4 Å². The van der Waals surface area contributed by atoms with Gasteiger partial charge in [-0.1, -0.05) is 56.7 Å². The second-order valence-electron chi connectivity index (χ2n) is 13.0. The smallest absolute Gasteiger partial charge is 0.405 e. The molecule has 256 valence electrons. The van der Waals surface area contributed by atoms with Crippen LogP contribution in [0.4, 0.5) is 26.3 Å². The lowest BCUT2D eigenvalue weighted by Crippen LogP contribution is -2.49. The van der Waals surface area contributed by atoms with E-state index >= 15 is 0 Å². The molecule has 0 bridgehead atoms. The quantitative estimate of drug-likeness (QED) is 0.205. The molecular weight excluding hydrogens is 624 g/mol. The fraction of sp³-hybridized carbons (Fsp3) is 0.543. The Morgan fingerprint density at radius 3 is 2.26 bits per heavy atom. The van der Waals surface area contributed by atoms with Gasteiger partial charge in [-0.2, -0.15) is 13.2 Å². The maximum absolute atomic E-state index is 13.9. The second kappa shape index (κ2) is 13.9. The highest BCUT2D eigenvalue weighted by Crippen LogP contribution is 2.57. The average Bonchev–Trinajstić information content (AvgIpc) is 3.32. The molecule has 3 atom stereocenters. The summed E-state index contributed by atoms with van der Waals surface area (Å²) in [4.78, 5) is 29.0. The number of hydrogen-bond donors (Lipinski definition) is 2. The van der Waals surface area contributed by atoms with Crippen LogP contribution in [-0.2, 0) is 10.2 Å². The van der Waals surface area contributed by atoms with E-state index in [0.717, 1.165) is 47.6 Å². The number of alkyl halides is 6. The molecule has 1 saturated heterocycles. The molecule has 47 heavy (non-hydrogen) atoms. The Hall–Kier alpha value is -3.54. The molecule has 2 amide bonds. The minimum Gasteiger partial charge on any atom is -0.405 e. The summed E-state index contributed by atoms with van der Waals surface area (Å²) in [7, 11) is 0. The van der Waals surface area contributed by atoms with E-state index in [1.165, 1.54) is 18.2 Å². The van der Waals surface area contributed by atoms with Crippen molar-refractivity contribution in [1.29, 1.82) is 0 Å². The molecule has 0 saturated carbocycles. The fourth-order valence-electron chi connectivity index (χ4n) is 7.73. The average molecular weight is 666 g/mol. The predicted molar refractivity (Wildman–Crippen MR) is 166 cm³/mol. The van der Waals surface area contributed by atoms with Gasteiger partial charge in [-0.3, -0.25) is 9.59 Å². The highest BCUT2D eigenvalue weighted by molar-refractivity contribution is 6.00. The third kappa shape index (κ3) is 7.79. The fourth-order valence-corrected chi connectivity index (χ4v) is 7.73. The van der Waals surface area contributed by atoms with Gasteiger partial charge in [0.05, 0.1) is 11.0 Å². The Morgan fingerprint density at radius 2 is 1.55 bits per heavy atom. The predicted octanol–water partition coefficient (Wildman–Crippen LogP) is 7.40. The van der Waals surface area contributed by atoms with Gasteiger partial charge in [-0.05, 0) is 91.3 Å². The molecule has 1 heterocycles. The van der Waals surface area contributed by atoms with Crippen LogP contribution >= 0.6 is 0 Å². The van der Waals surface area contributed by atoms with Crippen LogP contribution in [0.5, 0.6) is 5.75 Å². The van der Waals surface area contributed by atoms with E-state index in [0.29, 0.717) is 45.3 Å². The zero-order valence-corrected chi connectivity index (χ0v) is 26.6. The molecule has 5 rings (SSSR count). The third-order valence-electron chi connectivity index (χ3n) is 9.84. The van der Waals surface area contributed by atoms with Crippen molar-refractivity contribution < 1.29 is 40.7 Å². The van der Waals surface area contributed by atoms with E-state index in [1.807, 2.05) is 24.3 Å². The van der Waals surface area contributed by atoms with Gasteiger partial charge >= 0.3 is 12.5 Å². The lowest BCUT2D eigenvalue weighted by molar-refractivity contribution is -0.274. The summed E-state index contributed by atoms with van der Waals surface area (Å²) in [5.41, 5.74) is 2.50. The lowest BCUT2D eigenvalue weighted by atomic mass is 9.65. The molecule has 2 aliphatic carbocycles. The molecule has 12 heteroatoms. The maximum Gasteiger partial charge on any atom is 0.573 e. The third-order valence-corrected chi connectivity index (χ3v) is 9.84.